The first-order valence-electron chi connectivity index (χ1n) is 9.25. The van der Waals surface area contributed by atoms with Crippen molar-refractivity contribution in [2.24, 2.45) is 0 Å². The molecule has 29 heavy (non-hydrogen) atoms. The number of hydrogen-bond donors (Lipinski definition) is 2. The van der Waals surface area contributed by atoms with E-state index in [9.17, 15) is 9.59 Å². The number of unbranched alkanes of at least 4 members (excludes halogenated alkanes) is 1. The summed E-state index contributed by atoms with van der Waals surface area (Å²) in [4.78, 5) is 24.9. The fourth-order valence-electron chi connectivity index (χ4n) is 2.61. The number of carbonyl (C=O) groups excluding carboxylic acids is 2. The first-order chi connectivity index (χ1) is 14.1. The van der Waals surface area contributed by atoms with Crippen molar-refractivity contribution < 1.29 is 18.7 Å². The lowest BCUT2D eigenvalue weighted by molar-refractivity contribution is 0.0994. The molecule has 3 rings (SSSR count). The van der Waals surface area contributed by atoms with E-state index < -0.39 is 0 Å². The monoisotopic (exact) mass is 456 g/mol. The minimum atomic E-state index is -0.364. The molecule has 0 unspecified atom stereocenters. The van der Waals surface area contributed by atoms with E-state index in [0.29, 0.717) is 29.3 Å². The maximum Gasteiger partial charge on any atom is 0.291 e. The molecule has 1 heterocycles. The summed E-state index contributed by atoms with van der Waals surface area (Å²) in [5, 5.41) is 5.59. The Morgan fingerprint density at radius 3 is 2.45 bits per heavy atom. The van der Waals surface area contributed by atoms with Crippen molar-refractivity contribution >= 4 is 39.1 Å². The first-order valence-corrected chi connectivity index (χ1v) is 10.0. The second-order valence-corrected chi connectivity index (χ2v) is 7.22. The molecule has 0 saturated heterocycles. The van der Waals surface area contributed by atoms with Crippen LogP contribution in [-0.2, 0) is 0 Å². The molecule has 0 spiro atoms. The Morgan fingerprint density at radius 1 is 1.00 bits per heavy atom. The number of furan rings is 1. The molecule has 150 valence electrons. The van der Waals surface area contributed by atoms with Crippen LogP contribution in [0, 0.1) is 0 Å². The Kier molecular flexibility index (Phi) is 7.08. The molecule has 0 saturated carbocycles. The molecule has 0 atom stereocenters. The molecule has 2 N–H and O–H groups in total. The normalized spacial score (nSPS) is 10.4. The number of nitrogens with one attached hydrogen (secondary N) is 2. The van der Waals surface area contributed by atoms with Gasteiger partial charge in [-0.25, -0.2) is 0 Å². The lowest BCUT2D eigenvalue weighted by Crippen LogP contribution is -2.15. The highest BCUT2D eigenvalue weighted by Crippen LogP contribution is 2.25. The third kappa shape index (κ3) is 5.71. The summed E-state index contributed by atoms with van der Waals surface area (Å²) < 4.78 is 11.6. The van der Waals surface area contributed by atoms with Crippen LogP contribution in [0.3, 0.4) is 0 Å². The van der Waals surface area contributed by atoms with Gasteiger partial charge in [-0.15, -0.1) is 0 Å². The molecule has 1 aromatic heterocycles. The highest BCUT2D eigenvalue weighted by atomic mass is 79.9. The number of rotatable bonds is 8. The summed E-state index contributed by atoms with van der Waals surface area (Å²) in [6, 6.07) is 15.4. The zero-order valence-corrected chi connectivity index (χ0v) is 17.5. The highest BCUT2D eigenvalue weighted by Gasteiger charge is 2.15. The number of anilines is 2. The van der Waals surface area contributed by atoms with E-state index in [0.717, 1.165) is 17.3 Å². The number of ether oxygens (including phenoxy) is 1. The summed E-state index contributed by atoms with van der Waals surface area (Å²) in [6.45, 7) is 2.63. The average molecular weight is 457 g/mol. The van der Waals surface area contributed by atoms with Gasteiger partial charge in [0.05, 0.1) is 18.4 Å². The number of amides is 2. The molecule has 0 aliphatic carbocycles. The van der Waals surface area contributed by atoms with Crippen LogP contribution < -0.4 is 15.4 Å². The summed E-state index contributed by atoms with van der Waals surface area (Å²) in [5.74, 6) is 0.0771. The van der Waals surface area contributed by atoms with Crippen LogP contribution in [0.2, 0.25) is 0 Å². The first kappa shape index (κ1) is 20.7. The van der Waals surface area contributed by atoms with Crippen LogP contribution in [0.15, 0.2) is 69.8 Å². The van der Waals surface area contributed by atoms with Gasteiger partial charge in [0.25, 0.3) is 11.8 Å². The third-order valence-corrected chi connectivity index (χ3v) is 4.56. The SMILES string of the molecule is CCCCOc1ccc(Br)cc1C(=O)Nc1cccc(NC(=O)c2ccco2)c1. The van der Waals surface area contributed by atoms with Crippen molar-refractivity contribution in [2.45, 2.75) is 19.8 Å². The smallest absolute Gasteiger partial charge is 0.291 e. The minimum Gasteiger partial charge on any atom is -0.493 e. The maximum atomic E-state index is 12.8. The van der Waals surface area contributed by atoms with E-state index in [-0.39, 0.29) is 17.6 Å². The van der Waals surface area contributed by atoms with Crippen molar-refractivity contribution in [3.63, 3.8) is 0 Å². The van der Waals surface area contributed by atoms with Gasteiger partial charge in [-0.2, -0.15) is 0 Å². The van der Waals surface area contributed by atoms with Crippen molar-refractivity contribution in [1.29, 1.82) is 0 Å². The fourth-order valence-corrected chi connectivity index (χ4v) is 2.97. The Hall–Kier alpha value is -3.06. The second kappa shape index (κ2) is 9.93. The lowest BCUT2D eigenvalue weighted by atomic mass is 10.1. The molecule has 0 radical (unpaired) electrons. The zero-order valence-electron chi connectivity index (χ0n) is 15.9. The van der Waals surface area contributed by atoms with Crippen LogP contribution in [0.1, 0.15) is 40.7 Å². The molecule has 0 bridgehead atoms. The third-order valence-electron chi connectivity index (χ3n) is 4.06. The lowest BCUT2D eigenvalue weighted by Gasteiger charge is -2.13. The summed E-state index contributed by atoms with van der Waals surface area (Å²) in [6.07, 6.45) is 3.35. The molecule has 2 amide bonds. The predicted molar refractivity (Wildman–Crippen MR) is 116 cm³/mol. The maximum absolute atomic E-state index is 12.8. The van der Waals surface area contributed by atoms with E-state index in [1.165, 1.54) is 6.26 Å². The number of benzene rings is 2. The van der Waals surface area contributed by atoms with Gasteiger partial charge >= 0.3 is 0 Å². The Morgan fingerprint density at radius 2 is 1.76 bits per heavy atom. The van der Waals surface area contributed by atoms with Gasteiger partial charge in [-0.3, -0.25) is 9.59 Å². The van der Waals surface area contributed by atoms with Gasteiger partial charge in [0, 0.05) is 15.8 Å². The molecule has 0 fully saturated rings. The zero-order chi connectivity index (χ0) is 20.6. The van der Waals surface area contributed by atoms with Crippen LogP contribution in [0.4, 0.5) is 11.4 Å². The molecule has 6 nitrogen and oxygen atoms in total. The van der Waals surface area contributed by atoms with Crippen molar-refractivity contribution in [1.82, 2.24) is 0 Å². The standard InChI is InChI=1S/C22H21BrN2O4/c1-2-3-11-28-19-10-9-15(23)13-18(19)21(26)24-16-6-4-7-17(14-16)25-22(27)20-8-5-12-29-20/h4-10,12-14H,2-3,11H2,1H3,(H,24,26)(H,25,27). The van der Waals surface area contributed by atoms with Crippen molar-refractivity contribution in [3.05, 3.63) is 76.7 Å². The van der Waals surface area contributed by atoms with Crippen LogP contribution in [0.25, 0.3) is 0 Å². The van der Waals surface area contributed by atoms with Crippen LogP contribution in [0.5, 0.6) is 5.75 Å². The summed E-state index contributed by atoms with van der Waals surface area (Å²) in [7, 11) is 0. The van der Waals surface area contributed by atoms with Crippen molar-refractivity contribution in [3.8, 4) is 5.75 Å². The van der Waals surface area contributed by atoms with Crippen LogP contribution in [-0.4, -0.2) is 18.4 Å². The van der Waals surface area contributed by atoms with E-state index in [4.69, 9.17) is 9.15 Å². The number of halogens is 1. The van der Waals surface area contributed by atoms with Gasteiger partial charge in [-0.1, -0.05) is 35.3 Å². The molecular formula is C22H21BrN2O4. The largest absolute Gasteiger partial charge is 0.493 e. The highest BCUT2D eigenvalue weighted by molar-refractivity contribution is 9.10. The van der Waals surface area contributed by atoms with Gasteiger partial charge < -0.3 is 19.8 Å². The average Bonchev–Trinajstić information content (AvgIpc) is 3.24. The number of hydrogen-bond acceptors (Lipinski definition) is 4. The van der Waals surface area contributed by atoms with Gasteiger partial charge in [0.15, 0.2) is 5.76 Å². The Labute approximate surface area is 177 Å². The molecule has 0 aliphatic rings. The van der Waals surface area contributed by atoms with Gasteiger partial charge in [0.2, 0.25) is 0 Å². The van der Waals surface area contributed by atoms with E-state index in [2.05, 4.69) is 33.5 Å². The molecule has 2 aromatic carbocycles. The van der Waals surface area contributed by atoms with E-state index >= 15 is 0 Å². The Balaban J connectivity index is 1.72. The summed E-state index contributed by atoms with van der Waals surface area (Å²) in [5.41, 5.74) is 1.52. The van der Waals surface area contributed by atoms with Crippen molar-refractivity contribution in [2.75, 3.05) is 17.2 Å². The number of carbonyl (C=O) groups is 2. The van der Waals surface area contributed by atoms with E-state index in [1.807, 2.05) is 6.07 Å². The fraction of sp³-hybridized carbons (Fsp3) is 0.182. The van der Waals surface area contributed by atoms with Gasteiger partial charge in [-0.05, 0) is 55.0 Å². The second-order valence-electron chi connectivity index (χ2n) is 6.31. The molecule has 0 aliphatic heterocycles. The van der Waals surface area contributed by atoms with E-state index in [1.54, 1.807) is 48.5 Å². The predicted octanol–water partition coefficient (Wildman–Crippen LogP) is 5.73. The Bertz CT molecular complexity index is 986. The molecular weight excluding hydrogens is 436 g/mol. The van der Waals surface area contributed by atoms with Crippen LogP contribution >= 0.6 is 15.9 Å². The summed E-state index contributed by atoms with van der Waals surface area (Å²) >= 11 is 3.40. The molecule has 7 heteroatoms. The minimum absolute atomic E-state index is 0.211. The van der Waals surface area contributed by atoms with Gasteiger partial charge in [0.1, 0.15) is 5.75 Å². The quantitative estimate of drug-likeness (QED) is 0.424. The topological polar surface area (TPSA) is 80.6 Å². The molecule has 3 aromatic rings.